The zero-order valence-electron chi connectivity index (χ0n) is 19.4. The molecular formula is C29H22BrNO4S. The Kier molecular flexibility index (Phi) is 7.11. The largest absolute Gasteiger partial charge is 0.493 e. The Morgan fingerprint density at radius 1 is 0.861 bits per heavy atom. The molecule has 1 aliphatic heterocycles. The van der Waals surface area contributed by atoms with Gasteiger partial charge in [-0.25, -0.2) is 0 Å². The van der Waals surface area contributed by atoms with E-state index in [1.165, 1.54) is 4.90 Å². The zero-order chi connectivity index (χ0) is 25.1. The van der Waals surface area contributed by atoms with Crippen LogP contribution in [-0.2, 0) is 17.9 Å². The van der Waals surface area contributed by atoms with E-state index in [-0.39, 0.29) is 17.7 Å². The summed E-state index contributed by atoms with van der Waals surface area (Å²) in [6.07, 6.45) is 1.72. The minimum atomic E-state index is -0.300. The van der Waals surface area contributed by atoms with Crippen LogP contribution in [0, 0.1) is 0 Å². The lowest BCUT2D eigenvalue weighted by molar-refractivity contribution is -0.123. The standard InChI is InChI=1S/C29H22BrNO4S/c1-34-25-13-9-20(15-26(25)35-18-19-7-11-24(30)12-8-19)16-27-28(32)31(29(33)36-27)17-21-6-10-22-4-2-3-5-23(22)14-21/h2-16H,17-18H2,1H3/b27-16-. The number of nitrogens with zero attached hydrogens (tertiary/aromatic N) is 1. The fourth-order valence-electron chi connectivity index (χ4n) is 3.94. The highest BCUT2D eigenvalue weighted by molar-refractivity contribution is 9.10. The Morgan fingerprint density at radius 2 is 1.61 bits per heavy atom. The van der Waals surface area contributed by atoms with E-state index in [1.807, 2.05) is 78.9 Å². The van der Waals surface area contributed by atoms with Crippen molar-refractivity contribution in [3.8, 4) is 11.5 Å². The number of amides is 2. The fourth-order valence-corrected chi connectivity index (χ4v) is 5.05. The Morgan fingerprint density at radius 3 is 2.39 bits per heavy atom. The molecule has 0 atom stereocenters. The molecule has 5 rings (SSSR count). The van der Waals surface area contributed by atoms with E-state index in [9.17, 15) is 9.59 Å². The maximum Gasteiger partial charge on any atom is 0.293 e. The summed E-state index contributed by atoms with van der Waals surface area (Å²) in [5.74, 6) is 0.851. The number of carbonyl (C=O) groups is 2. The van der Waals surface area contributed by atoms with Crippen molar-refractivity contribution in [3.63, 3.8) is 0 Å². The van der Waals surface area contributed by atoms with Crippen molar-refractivity contribution in [1.82, 2.24) is 4.90 Å². The number of ether oxygens (including phenoxy) is 2. The maximum absolute atomic E-state index is 13.1. The molecular weight excluding hydrogens is 538 g/mol. The summed E-state index contributed by atoms with van der Waals surface area (Å²) in [5.41, 5.74) is 2.67. The van der Waals surface area contributed by atoms with Gasteiger partial charge in [0.1, 0.15) is 6.61 Å². The molecule has 1 fully saturated rings. The lowest BCUT2D eigenvalue weighted by atomic mass is 10.1. The van der Waals surface area contributed by atoms with Crippen LogP contribution in [0.3, 0.4) is 0 Å². The van der Waals surface area contributed by atoms with E-state index in [2.05, 4.69) is 15.9 Å². The van der Waals surface area contributed by atoms with Crippen LogP contribution in [0.5, 0.6) is 11.5 Å². The molecule has 180 valence electrons. The summed E-state index contributed by atoms with van der Waals surface area (Å²) in [4.78, 5) is 27.4. The molecule has 0 aliphatic carbocycles. The topological polar surface area (TPSA) is 55.8 Å². The van der Waals surface area contributed by atoms with Gasteiger partial charge in [0.2, 0.25) is 0 Å². The molecule has 0 N–H and O–H groups in total. The van der Waals surface area contributed by atoms with E-state index >= 15 is 0 Å². The number of halogens is 1. The second kappa shape index (κ2) is 10.6. The Hall–Kier alpha value is -3.55. The van der Waals surface area contributed by atoms with Gasteiger partial charge >= 0.3 is 0 Å². The predicted molar refractivity (Wildman–Crippen MR) is 147 cm³/mol. The summed E-state index contributed by atoms with van der Waals surface area (Å²) < 4.78 is 12.4. The molecule has 36 heavy (non-hydrogen) atoms. The average molecular weight is 560 g/mol. The molecule has 7 heteroatoms. The molecule has 1 aliphatic rings. The molecule has 0 aromatic heterocycles. The highest BCUT2D eigenvalue weighted by Crippen LogP contribution is 2.35. The van der Waals surface area contributed by atoms with Crippen LogP contribution in [0.25, 0.3) is 16.8 Å². The van der Waals surface area contributed by atoms with E-state index < -0.39 is 0 Å². The van der Waals surface area contributed by atoms with Gasteiger partial charge in [-0.15, -0.1) is 0 Å². The van der Waals surface area contributed by atoms with Gasteiger partial charge in [0.05, 0.1) is 18.6 Å². The van der Waals surface area contributed by atoms with Crippen molar-refractivity contribution in [3.05, 3.63) is 111 Å². The van der Waals surface area contributed by atoms with Gasteiger partial charge in [-0.05, 0) is 75.6 Å². The first kappa shape index (κ1) is 24.2. The summed E-state index contributed by atoms with van der Waals surface area (Å²) in [6, 6.07) is 27.3. The number of benzene rings is 4. The van der Waals surface area contributed by atoms with E-state index in [0.717, 1.165) is 43.7 Å². The van der Waals surface area contributed by atoms with Gasteiger partial charge in [0.25, 0.3) is 11.1 Å². The first-order chi connectivity index (χ1) is 17.5. The third-order valence-corrected chi connectivity index (χ3v) is 7.26. The number of hydrogen-bond donors (Lipinski definition) is 0. The molecule has 4 aromatic rings. The van der Waals surface area contributed by atoms with Gasteiger partial charge in [-0.3, -0.25) is 14.5 Å². The van der Waals surface area contributed by atoms with Crippen molar-refractivity contribution in [1.29, 1.82) is 0 Å². The second-order valence-corrected chi connectivity index (χ2v) is 10.2. The number of hydrogen-bond acceptors (Lipinski definition) is 5. The van der Waals surface area contributed by atoms with Crippen LogP contribution in [0.1, 0.15) is 16.7 Å². The SMILES string of the molecule is COc1ccc(/C=C2\SC(=O)N(Cc3ccc4ccccc4c3)C2=O)cc1OCc1ccc(Br)cc1. The predicted octanol–water partition coefficient (Wildman–Crippen LogP) is 7.43. The lowest BCUT2D eigenvalue weighted by Gasteiger charge is -2.13. The highest BCUT2D eigenvalue weighted by atomic mass is 79.9. The number of methoxy groups -OCH3 is 1. The van der Waals surface area contributed by atoms with Crippen molar-refractivity contribution >= 4 is 55.7 Å². The van der Waals surface area contributed by atoms with E-state index in [4.69, 9.17) is 9.47 Å². The molecule has 0 saturated carbocycles. The van der Waals surface area contributed by atoms with Crippen LogP contribution in [0.15, 0.2) is 94.3 Å². The first-order valence-electron chi connectivity index (χ1n) is 11.3. The maximum atomic E-state index is 13.1. The Bertz CT molecular complexity index is 1480. The number of carbonyl (C=O) groups excluding carboxylic acids is 2. The molecule has 5 nitrogen and oxygen atoms in total. The summed E-state index contributed by atoms with van der Waals surface area (Å²) >= 11 is 4.38. The monoisotopic (exact) mass is 559 g/mol. The van der Waals surface area contributed by atoms with Crippen molar-refractivity contribution in [2.24, 2.45) is 0 Å². The van der Waals surface area contributed by atoms with Crippen molar-refractivity contribution in [2.45, 2.75) is 13.2 Å². The number of rotatable bonds is 7. The van der Waals surface area contributed by atoms with Crippen LogP contribution in [0.4, 0.5) is 4.79 Å². The lowest BCUT2D eigenvalue weighted by Crippen LogP contribution is -2.27. The normalized spacial score (nSPS) is 14.6. The van der Waals surface area contributed by atoms with E-state index in [0.29, 0.717) is 23.0 Å². The van der Waals surface area contributed by atoms with Gasteiger partial charge < -0.3 is 9.47 Å². The molecule has 4 aromatic carbocycles. The summed E-state index contributed by atoms with van der Waals surface area (Å²) in [6.45, 7) is 0.604. The van der Waals surface area contributed by atoms with Crippen LogP contribution in [0.2, 0.25) is 0 Å². The second-order valence-electron chi connectivity index (χ2n) is 8.27. The molecule has 0 bridgehead atoms. The molecule has 1 heterocycles. The molecule has 0 unspecified atom stereocenters. The average Bonchev–Trinajstić information content (AvgIpc) is 3.15. The van der Waals surface area contributed by atoms with Crippen LogP contribution < -0.4 is 9.47 Å². The number of fused-ring (bicyclic) bond motifs is 1. The van der Waals surface area contributed by atoms with Gasteiger partial charge in [-0.1, -0.05) is 70.5 Å². The zero-order valence-corrected chi connectivity index (χ0v) is 21.8. The Balaban J connectivity index is 1.33. The fraction of sp³-hybridized carbons (Fsp3) is 0.103. The van der Waals surface area contributed by atoms with Crippen molar-refractivity contribution in [2.75, 3.05) is 7.11 Å². The first-order valence-corrected chi connectivity index (χ1v) is 12.9. The van der Waals surface area contributed by atoms with Crippen LogP contribution in [-0.4, -0.2) is 23.2 Å². The third-order valence-electron chi connectivity index (χ3n) is 5.82. The van der Waals surface area contributed by atoms with Gasteiger partial charge in [-0.2, -0.15) is 0 Å². The molecule has 0 spiro atoms. The summed E-state index contributed by atoms with van der Waals surface area (Å²) in [5, 5.41) is 1.92. The number of thioether (sulfide) groups is 1. The van der Waals surface area contributed by atoms with Gasteiger partial charge in [0, 0.05) is 4.47 Å². The highest BCUT2D eigenvalue weighted by Gasteiger charge is 2.35. The third kappa shape index (κ3) is 5.32. The quantitative estimate of drug-likeness (QED) is 0.220. The minimum Gasteiger partial charge on any atom is -0.493 e. The molecule has 1 saturated heterocycles. The minimum absolute atomic E-state index is 0.233. The van der Waals surface area contributed by atoms with E-state index in [1.54, 1.807) is 19.3 Å². The van der Waals surface area contributed by atoms with Gasteiger partial charge in [0.15, 0.2) is 11.5 Å². The molecule has 2 amide bonds. The van der Waals surface area contributed by atoms with Crippen LogP contribution >= 0.6 is 27.7 Å². The Labute approximate surface area is 221 Å². The molecule has 0 radical (unpaired) electrons. The summed E-state index contributed by atoms with van der Waals surface area (Å²) in [7, 11) is 1.58. The smallest absolute Gasteiger partial charge is 0.293 e. The number of imide groups is 1. The van der Waals surface area contributed by atoms with Crippen molar-refractivity contribution < 1.29 is 19.1 Å².